The molecule has 0 spiro atoms. The summed E-state index contributed by atoms with van der Waals surface area (Å²) in [7, 11) is 0. The van der Waals surface area contributed by atoms with Gasteiger partial charge in [-0.15, -0.1) is 11.3 Å². The first kappa shape index (κ1) is 44.5. The minimum Gasteiger partial charge on any atom is -0.455 e. The lowest BCUT2D eigenvalue weighted by Gasteiger charge is -2.27. The van der Waals surface area contributed by atoms with E-state index in [1.54, 1.807) is 11.3 Å². The molecule has 0 saturated heterocycles. The largest absolute Gasteiger partial charge is 0.455 e. The van der Waals surface area contributed by atoms with Gasteiger partial charge in [0.25, 0.3) is 0 Å². The minimum atomic E-state index is 0.212. The second-order valence-corrected chi connectivity index (χ2v) is 22.6. The van der Waals surface area contributed by atoms with Crippen molar-refractivity contribution < 1.29 is 13.3 Å². The van der Waals surface area contributed by atoms with Crippen molar-refractivity contribution in [2.45, 2.75) is 0 Å². The fourth-order valence-corrected chi connectivity index (χ4v) is 15.4. The molecule has 0 aliphatic heterocycles. The number of hydrogen-bond acceptors (Lipinski definition) is 6. The SMILES string of the molecule is N#Cc1c(C#N)c(-n2c3ccccc3c3c4oc5ccccc5c4ccc32)c(-n2c3ccccc3c3c4oc5ccccc5c4ccc32)c(-c2cccc3c2sc2ccccc23)c1-n1c2ccccc2c2c3oc4ccccc4c3ccc21. The van der Waals surface area contributed by atoms with Crippen LogP contribution in [0.15, 0.2) is 238 Å². The maximum atomic E-state index is 12.5. The molecular formula is C74H37N5O3S. The number of nitrogens with zero attached hydrogens (tertiary/aromatic N) is 5. The van der Waals surface area contributed by atoms with E-state index >= 15 is 0 Å². The number of benzene rings is 12. The molecule has 0 aliphatic carbocycles. The number of hydrogen-bond donors (Lipinski definition) is 0. The summed E-state index contributed by atoms with van der Waals surface area (Å²) in [5.41, 5.74) is 13.7. The van der Waals surface area contributed by atoms with Crippen molar-refractivity contribution in [3.8, 4) is 40.3 Å². The zero-order chi connectivity index (χ0) is 54.3. The molecule has 7 heterocycles. The highest BCUT2D eigenvalue weighted by molar-refractivity contribution is 7.26. The van der Waals surface area contributed by atoms with Crippen molar-refractivity contribution in [1.82, 2.24) is 13.7 Å². The summed E-state index contributed by atoms with van der Waals surface area (Å²) in [6.07, 6.45) is 0. The lowest BCUT2D eigenvalue weighted by atomic mass is 9.90. The maximum Gasteiger partial charge on any atom is 0.145 e. The fourth-order valence-electron chi connectivity index (χ4n) is 14.2. The normalized spacial score (nSPS) is 12.3. The molecule has 0 radical (unpaired) electrons. The molecule has 12 aromatic carbocycles. The van der Waals surface area contributed by atoms with Gasteiger partial charge in [-0.1, -0.05) is 146 Å². The highest BCUT2D eigenvalue weighted by Gasteiger charge is 2.35. The lowest BCUT2D eigenvalue weighted by molar-refractivity contribution is 0.672. The van der Waals surface area contributed by atoms with E-state index in [1.807, 2.05) is 54.6 Å². The first-order chi connectivity index (χ1) is 41.1. The Balaban J connectivity index is 1.11. The second-order valence-electron chi connectivity index (χ2n) is 21.5. The predicted octanol–water partition coefficient (Wildman–Crippen LogP) is 20.5. The zero-order valence-electron chi connectivity index (χ0n) is 43.7. The maximum absolute atomic E-state index is 12.5. The molecule has 8 nitrogen and oxygen atoms in total. The number of para-hydroxylation sites is 6. The summed E-state index contributed by atoms with van der Waals surface area (Å²) < 4.78 is 29.8. The van der Waals surface area contributed by atoms with Crippen molar-refractivity contribution in [2.24, 2.45) is 0 Å². The van der Waals surface area contributed by atoms with Crippen LogP contribution in [0.2, 0.25) is 0 Å². The molecule has 382 valence electrons. The summed E-state index contributed by atoms with van der Waals surface area (Å²) in [4.78, 5) is 0. The molecule has 0 unspecified atom stereocenters. The van der Waals surface area contributed by atoms with Crippen LogP contribution >= 0.6 is 11.3 Å². The molecular weight excluding hydrogens is 1040 g/mol. The van der Waals surface area contributed by atoms with E-state index < -0.39 is 0 Å². The second kappa shape index (κ2) is 16.2. The molecule has 0 bridgehead atoms. The van der Waals surface area contributed by atoms with Gasteiger partial charge in [0.15, 0.2) is 0 Å². The molecule has 7 aromatic heterocycles. The van der Waals surface area contributed by atoms with Crippen LogP contribution in [0.25, 0.3) is 180 Å². The van der Waals surface area contributed by atoms with E-state index in [0.717, 1.165) is 163 Å². The highest BCUT2D eigenvalue weighted by atomic mass is 32.1. The van der Waals surface area contributed by atoms with E-state index in [-0.39, 0.29) is 11.1 Å². The van der Waals surface area contributed by atoms with Crippen molar-refractivity contribution in [1.29, 1.82) is 10.5 Å². The Morgan fingerprint density at radius 2 is 0.675 bits per heavy atom. The van der Waals surface area contributed by atoms with E-state index in [9.17, 15) is 10.5 Å². The van der Waals surface area contributed by atoms with Crippen LogP contribution in [0.3, 0.4) is 0 Å². The average molecular weight is 1080 g/mol. The number of aromatic nitrogens is 3. The van der Waals surface area contributed by atoms with Crippen LogP contribution in [-0.2, 0) is 0 Å². The van der Waals surface area contributed by atoms with Gasteiger partial charge in [-0.25, -0.2) is 0 Å². The molecule has 9 heteroatoms. The van der Waals surface area contributed by atoms with Crippen LogP contribution in [0.4, 0.5) is 0 Å². The summed E-state index contributed by atoms with van der Waals surface area (Å²) in [5.74, 6) is 0. The number of thiophene rings is 1. The Morgan fingerprint density at radius 3 is 1.14 bits per heavy atom. The number of furan rings is 3. The van der Waals surface area contributed by atoms with Crippen molar-refractivity contribution in [3.05, 3.63) is 236 Å². The van der Waals surface area contributed by atoms with Crippen molar-refractivity contribution >= 4 is 163 Å². The summed E-state index contributed by atoms with van der Waals surface area (Å²) in [5, 5.41) is 38.9. The summed E-state index contributed by atoms with van der Waals surface area (Å²) >= 11 is 1.74. The smallest absolute Gasteiger partial charge is 0.145 e. The molecule has 0 N–H and O–H groups in total. The first-order valence-electron chi connectivity index (χ1n) is 27.6. The lowest BCUT2D eigenvalue weighted by Crippen LogP contribution is -2.14. The minimum absolute atomic E-state index is 0.212. The third-order valence-electron chi connectivity index (χ3n) is 17.5. The first-order valence-corrected chi connectivity index (χ1v) is 28.4. The predicted molar refractivity (Wildman–Crippen MR) is 339 cm³/mol. The van der Waals surface area contributed by atoms with E-state index in [4.69, 9.17) is 13.3 Å². The van der Waals surface area contributed by atoms with Crippen LogP contribution in [0.5, 0.6) is 0 Å². The molecule has 19 rings (SSSR count). The number of fused-ring (bicyclic) bond motifs is 24. The number of nitriles is 2. The van der Waals surface area contributed by atoms with Gasteiger partial charge in [0, 0.05) is 79.8 Å². The topological polar surface area (TPSA) is 102 Å². The molecule has 0 saturated carbocycles. The zero-order valence-corrected chi connectivity index (χ0v) is 44.5. The Labute approximate surface area is 473 Å². The Morgan fingerprint density at radius 1 is 0.301 bits per heavy atom. The monoisotopic (exact) mass is 1080 g/mol. The molecule has 19 aromatic rings. The third-order valence-corrected chi connectivity index (χ3v) is 18.7. The van der Waals surface area contributed by atoms with Gasteiger partial charge in [0.05, 0.1) is 77.4 Å². The molecule has 0 fully saturated rings. The van der Waals surface area contributed by atoms with Gasteiger partial charge in [0.1, 0.15) is 45.6 Å². The van der Waals surface area contributed by atoms with Gasteiger partial charge in [0.2, 0.25) is 0 Å². The summed E-state index contributed by atoms with van der Waals surface area (Å²) in [6.45, 7) is 0. The van der Waals surface area contributed by atoms with Gasteiger partial charge in [-0.3, -0.25) is 0 Å². The highest BCUT2D eigenvalue weighted by Crippen LogP contribution is 2.54. The Bertz CT molecular complexity index is 6240. The average Bonchev–Trinajstić information content (AvgIpc) is 2.28. The van der Waals surface area contributed by atoms with Crippen molar-refractivity contribution in [3.63, 3.8) is 0 Å². The molecule has 0 aliphatic rings. The quantitative estimate of drug-likeness (QED) is 0.175. The summed E-state index contributed by atoms with van der Waals surface area (Å²) in [6, 6.07) is 83.5. The van der Waals surface area contributed by atoms with Gasteiger partial charge >= 0.3 is 0 Å². The Hall–Kier alpha value is -11.4. The molecule has 0 amide bonds. The van der Waals surface area contributed by atoms with E-state index in [0.29, 0.717) is 17.1 Å². The van der Waals surface area contributed by atoms with Crippen molar-refractivity contribution in [2.75, 3.05) is 0 Å². The fraction of sp³-hybridized carbons (Fsp3) is 0. The molecule has 0 atom stereocenters. The Kier molecular flexibility index (Phi) is 8.66. The van der Waals surface area contributed by atoms with E-state index in [1.165, 1.54) is 0 Å². The molecule has 83 heavy (non-hydrogen) atoms. The standard InChI is InChI=1S/C74H37N5O3S/c75-38-52-53(39-76)69(78-55-26-9-2-21-49(55)65-58(78)36-33-45-41-17-5-12-29-61(41)81-72(45)65)70(79-56-27-10-3-22-50(56)66-59(79)37-34-46-42-18-6-13-30-62(42)82-73(46)66)67(51-24-15-23-47-43-19-7-14-31-63(43)83-74(47)51)68(52)77-54-25-8-1-20-48(54)64-57(77)35-32-44-40-16-4-11-28-60(40)80-71(44)64/h1-37H. The van der Waals surface area contributed by atoms with Crippen LogP contribution in [0, 0.1) is 22.7 Å². The third kappa shape index (κ3) is 5.65. The van der Waals surface area contributed by atoms with Crippen LogP contribution in [0.1, 0.15) is 11.1 Å². The van der Waals surface area contributed by atoms with Gasteiger partial charge in [-0.2, -0.15) is 10.5 Å². The number of rotatable bonds is 4. The van der Waals surface area contributed by atoms with E-state index in [2.05, 4.69) is 196 Å². The van der Waals surface area contributed by atoms with Gasteiger partial charge < -0.3 is 27.0 Å². The van der Waals surface area contributed by atoms with Crippen LogP contribution in [-0.4, -0.2) is 13.7 Å². The van der Waals surface area contributed by atoms with Crippen LogP contribution < -0.4 is 0 Å². The van der Waals surface area contributed by atoms with Gasteiger partial charge in [-0.05, 0) is 78.9 Å².